The molecule has 0 bridgehead atoms. The maximum absolute atomic E-state index is 12.8. The summed E-state index contributed by atoms with van der Waals surface area (Å²) in [5.41, 5.74) is 6.53. The number of carbonyl (C=O) groups is 1. The van der Waals surface area contributed by atoms with E-state index in [9.17, 15) is 4.79 Å². The molecule has 0 saturated carbocycles. The third-order valence-corrected chi connectivity index (χ3v) is 5.27. The maximum Gasteiger partial charge on any atom is 0.249 e. The zero-order valence-electron chi connectivity index (χ0n) is 16.0. The van der Waals surface area contributed by atoms with E-state index in [4.69, 9.17) is 15.2 Å². The number of aromatic nitrogens is 3. The second kappa shape index (κ2) is 8.06. The molecule has 1 saturated heterocycles. The third-order valence-electron chi connectivity index (χ3n) is 5.27. The summed E-state index contributed by atoms with van der Waals surface area (Å²) < 4.78 is 10.5. The van der Waals surface area contributed by atoms with Crippen LogP contribution in [-0.2, 0) is 9.53 Å². The molecule has 27 heavy (non-hydrogen) atoms. The quantitative estimate of drug-likeness (QED) is 0.715. The number of H-pyrrole nitrogens is 1. The molecule has 0 aliphatic carbocycles. The number of carbonyl (C=O) groups excluding carboxylic acids is 1. The highest BCUT2D eigenvalue weighted by atomic mass is 16.5. The summed E-state index contributed by atoms with van der Waals surface area (Å²) in [7, 11) is 1.61. The predicted molar refractivity (Wildman–Crippen MR) is 102 cm³/mol. The summed E-state index contributed by atoms with van der Waals surface area (Å²) in [6.07, 6.45) is 1.75. The Balaban J connectivity index is 1.67. The van der Waals surface area contributed by atoms with Crippen LogP contribution in [0, 0.1) is 11.3 Å². The third kappa shape index (κ3) is 4.28. The SMILES string of the molecule is COc1ccc(-c2nc(NC(=O)C(C)(C)C(N)C3CCOCC3)n[nH]2)cc1. The lowest BCUT2D eigenvalue weighted by Crippen LogP contribution is -2.51. The van der Waals surface area contributed by atoms with Gasteiger partial charge < -0.3 is 15.2 Å². The minimum atomic E-state index is -0.747. The fourth-order valence-corrected chi connectivity index (χ4v) is 3.27. The van der Waals surface area contributed by atoms with Crippen LogP contribution < -0.4 is 15.8 Å². The van der Waals surface area contributed by atoms with Gasteiger partial charge in [0.2, 0.25) is 11.9 Å². The number of hydrogen-bond acceptors (Lipinski definition) is 6. The number of ether oxygens (including phenoxy) is 2. The second-order valence-electron chi connectivity index (χ2n) is 7.39. The monoisotopic (exact) mass is 373 g/mol. The Hall–Kier alpha value is -2.45. The van der Waals surface area contributed by atoms with Crippen LogP contribution in [0.25, 0.3) is 11.4 Å². The van der Waals surface area contributed by atoms with E-state index < -0.39 is 5.41 Å². The van der Waals surface area contributed by atoms with Gasteiger partial charge in [-0.2, -0.15) is 4.98 Å². The number of benzene rings is 1. The zero-order valence-corrected chi connectivity index (χ0v) is 16.0. The molecular weight excluding hydrogens is 346 g/mol. The molecule has 1 amide bonds. The molecule has 3 rings (SSSR count). The lowest BCUT2D eigenvalue weighted by Gasteiger charge is -2.37. The largest absolute Gasteiger partial charge is 0.497 e. The van der Waals surface area contributed by atoms with Crippen LogP contribution in [0.2, 0.25) is 0 Å². The molecule has 2 aromatic rings. The van der Waals surface area contributed by atoms with Crippen LogP contribution in [0.15, 0.2) is 24.3 Å². The van der Waals surface area contributed by atoms with Gasteiger partial charge in [0.15, 0.2) is 5.82 Å². The topological polar surface area (TPSA) is 115 Å². The van der Waals surface area contributed by atoms with Gasteiger partial charge in [-0.05, 0) is 56.9 Å². The minimum absolute atomic E-state index is 0.193. The Morgan fingerprint density at radius 1 is 1.33 bits per heavy atom. The summed E-state index contributed by atoms with van der Waals surface area (Å²) in [6, 6.07) is 7.16. The number of nitrogens with one attached hydrogen (secondary N) is 2. The van der Waals surface area contributed by atoms with Gasteiger partial charge in [-0.25, -0.2) is 0 Å². The lowest BCUT2D eigenvalue weighted by molar-refractivity contribution is -0.126. The Labute approximate surface area is 158 Å². The molecule has 2 heterocycles. The van der Waals surface area contributed by atoms with Crippen molar-refractivity contribution in [3.63, 3.8) is 0 Å². The Morgan fingerprint density at radius 3 is 2.63 bits per heavy atom. The van der Waals surface area contributed by atoms with Crippen molar-refractivity contribution in [1.29, 1.82) is 0 Å². The Bertz CT molecular complexity index is 766. The van der Waals surface area contributed by atoms with Crippen LogP contribution in [0.1, 0.15) is 26.7 Å². The van der Waals surface area contributed by atoms with Crippen LogP contribution in [0.4, 0.5) is 5.95 Å². The van der Waals surface area contributed by atoms with E-state index in [1.54, 1.807) is 7.11 Å². The van der Waals surface area contributed by atoms with E-state index in [-0.39, 0.29) is 23.8 Å². The molecule has 1 aromatic carbocycles. The molecule has 1 unspecified atom stereocenters. The summed E-state index contributed by atoms with van der Waals surface area (Å²) in [5.74, 6) is 1.64. The van der Waals surface area contributed by atoms with Crippen molar-refractivity contribution in [3.8, 4) is 17.1 Å². The van der Waals surface area contributed by atoms with Crippen molar-refractivity contribution in [2.24, 2.45) is 17.1 Å². The molecule has 1 atom stereocenters. The Kier molecular flexibility index (Phi) is 5.76. The number of rotatable bonds is 6. The lowest BCUT2D eigenvalue weighted by atomic mass is 9.74. The van der Waals surface area contributed by atoms with Crippen LogP contribution >= 0.6 is 0 Å². The number of nitrogens with two attached hydrogens (primary N) is 1. The van der Waals surface area contributed by atoms with E-state index in [1.165, 1.54) is 0 Å². The van der Waals surface area contributed by atoms with Crippen molar-refractivity contribution < 1.29 is 14.3 Å². The van der Waals surface area contributed by atoms with Gasteiger partial charge in [-0.1, -0.05) is 0 Å². The molecule has 1 fully saturated rings. The van der Waals surface area contributed by atoms with Crippen molar-refractivity contribution >= 4 is 11.9 Å². The van der Waals surface area contributed by atoms with Gasteiger partial charge in [-0.15, -0.1) is 5.10 Å². The number of anilines is 1. The normalized spacial score (nSPS) is 16.7. The van der Waals surface area contributed by atoms with Crippen molar-refractivity contribution in [2.75, 3.05) is 25.6 Å². The summed E-state index contributed by atoms with van der Waals surface area (Å²) in [4.78, 5) is 17.2. The molecule has 1 aliphatic heterocycles. The number of amides is 1. The number of aromatic amines is 1. The average molecular weight is 373 g/mol. The number of hydrogen-bond donors (Lipinski definition) is 3. The number of methoxy groups -OCH3 is 1. The van der Waals surface area contributed by atoms with E-state index in [0.717, 1.165) is 24.2 Å². The fourth-order valence-electron chi connectivity index (χ4n) is 3.27. The Morgan fingerprint density at radius 2 is 2.00 bits per heavy atom. The first kappa shape index (κ1) is 19.3. The second-order valence-corrected chi connectivity index (χ2v) is 7.39. The first-order chi connectivity index (χ1) is 12.9. The molecule has 0 radical (unpaired) electrons. The van der Waals surface area contributed by atoms with E-state index in [1.807, 2.05) is 38.1 Å². The van der Waals surface area contributed by atoms with Gasteiger partial charge in [0.25, 0.3) is 0 Å². The highest BCUT2D eigenvalue weighted by Crippen LogP contribution is 2.31. The predicted octanol–water partition coefficient (Wildman–Crippen LogP) is 2.20. The highest BCUT2D eigenvalue weighted by molar-refractivity contribution is 5.94. The summed E-state index contributed by atoms with van der Waals surface area (Å²) in [6.45, 7) is 5.11. The maximum atomic E-state index is 12.8. The molecule has 4 N–H and O–H groups in total. The molecule has 1 aliphatic rings. The molecule has 1 aromatic heterocycles. The van der Waals surface area contributed by atoms with Gasteiger partial charge in [0.1, 0.15) is 5.75 Å². The van der Waals surface area contributed by atoms with E-state index in [2.05, 4.69) is 20.5 Å². The molecule has 0 spiro atoms. The van der Waals surface area contributed by atoms with Crippen molar-refractivity contribution in [1.82, 2.24) is 15.2 Å². The molecule has 8 heteroatoms. The van der Waals surface area contributed by atoms with E-state index in [0.29, 0.717) is 19.0 Å². The minimum Gasteiger partial charge on any atom is -0.497 e. The fraction of sp³-hybridized carbons (Fsp3) is 0.526. The first-order valence-corrected chi connectivity index (χ1v) is 9.13. The van der Waals surface area contributed by atoms with E-state index >= 15 is 0 Å². The smallest absolute Gasteiger partial charge is 0.249 e. The summed E-state index contributed by atoms with van der Waals surface area (Å²) in [5, 5.41) is 9.73. The first-order valence-electron chi connectivity index (χ1n) is 9.13. The average Bonchev–Trinajstić information content (AvgIpc) is 3.16. The number of nitrogens with zero attached hydrogens (tertiary/aromatic N) is 2. The molecule has 8 nitrogen and oxygen atoms in total. The zero-order chi connectivity index (χ0) is 19.4. The molecular formula is C19H27N5O3. The van der Waals surface area contributed by atoms with Crippen LogP contribution in [0.5, 0.6) is 5.75 Å². The van der Waals surface area contributed by atoms with Crippen molar-refractivity contribution in [3.05, 3.63) is 24.3 Å². The van der Waals surface area contributed by atoms with Gasteiger partial charge in [-0.3, -0.25) is 15.2 Å². The van der Waals surface area contributed by atoms with Gasteiger partial charge in [0.05, 0.1) is 12.5 Å². The highest BCUT2D eigenvalue weighted by Gasteiger charge is 2.39. The van der Waals surface area contributed by atoms with Crippen LogP contribution in [0.3, 0.4) is 0 Å². The van der Waals surface area contributed by atoms with Gasteiger partial charge >= 0.3 is 0 Å². The summed E-state index contributed by atoms with van der Waals surface area (Å²) >= 11 is 0. The van der Waals surface area contributed by atoms with Crippen LogP contribution in [-0.4, -0.2) is 47.5 Å². The van der Waals surface area contributed by atoms with Gasteiger partial charge in [0, 0.05) is 24.8 Å². The molecule has 146 valence electrons. The standard InChI is InChI=1S/C19H27N5O3/c1-19(2,15(20)12-8-10-27-11-9-12)17(25)22-18-21-16(23-24-18)13-4-6-14(26-3)7-5-13/h4-7,12,15H,8-11,20H2,1-3H3,(H2,21,22,23,24,25). The van der Waals surface area contributed by atoms with Crippen molar-refractivity contribution in [2.45, 2.75) is 32.7 Å².